The molecule has 1 heterocycles. The Morgan fingerprint density at radius 1 is 1.42 bits per heavy atom. The van der Waals surface area contributed by atoms with Crippen LogP contribution in [0.25, 0.3) is 0 Å². The van der Waals surface area contributed by atoms with E-state index >= 15 is 0 Å². The van der Waals surface area contributed by atoms with Crippen LogP contribution < -0.4 is 4.90 Å². The summed E-state index contributed by atoms with van der Waals surface area (Å²) in [4.78, 5) is 23.7. The first kappa shape index (κ1) is 13.2. The molecule has 1 saturated heterocycles. The van der Waals surface area contributed by atoms with E-state index in [0.717, 1.165) is 11.0 Å². The zero-order valence-electron chi connectivity index (χ0n) is 9.90. The summed E-state index contributed by atoms with van der Waals surface area (Å²) in [7, 11) is 0. The monoisotopic (exact) mass is 267 g/mol. The molecule has 1 N–H and O–H groups in total. The highest BCUT2D eigenvalue weighted by Gasteiger charge is 2.31. The van der Waals surface area contributed by atoms with Crippen molar-refractivity contribution in [2.45, 2.75) is 6.42 Å². The molecule has 1 aromatic carbocycles. The van der Waals surface area contributed by atoms with Crippen LogP contribution in [0.1, 0.15) is 16.8 Å². The Bertz CT molecular complexity index is 571. The number of nitrogens with zero attached hydrogens (tertiary/aromatic N) is 1. The zero-order chi connectivity index (χ0) is 14.2. The molecular formula is C13H11F2NO3. The number of carbonyl (C=O) groups excluding carboxylic acids is 1. The van der Waals surface area contributed by atoms with Crippen molar-refractivity contribution in [1.82, 2.24) is 0 Å². The number of hydrogen-bond donors (Lipinski definition) is 1. The van der Waals surface area contributed by atoms with E-state index in [0.29, 0.717) is 6.07 Å². The number of anilines is 1. The summed E-state index contributed by atoms with van der Waals surface area (Å²) in [6.07, 6.45) is 1.76. The standard InChI is InChI=1S/C13H11F2NO3/c1-2-7-3-12(17)16(6-7)11-4-8(13(18)19)9(14)5-10(11)15/h2,4-5,7H,1,3,6H2,(H,18,19). The first-order valence-electron chi connectivity index (χ1n) is 5.59. The lowest BCUT2D eigenvalue weighted by Crippen LogP contribution is -2.26. The average molecular weight is 267 g/mol. The van der Waals surface area contributed by atoms with Gasteiger partial charge >= 0.3 is 5.97 Å². The van der Waals surface area contributed by atoms with Gasteiger partial charge in [-0.15, -0.1) is 6.58 Å². The maximum absolute atomic E-state index is 13.7. The molecule has 1 aliphatic rings. The van der Waals surface area contributed by atoms with Crippen LogP contribution in [0.15, 0.2) is 24.8 Å². The van der Waals surface area contributed by atoms with Gasteiger partial charge in [-0.1, -0.05) is 6.08 Å². The number of carboxylic acid groups (broad SMARTS) is 1. The van der Waals surface area contributed by atoms with Gasteiger partial charge in [0.15, 0.2) is 0 Å². The summed E-state index contributed by atoms with van der Waals surface area (Å²) in [6.45, 7) is 3.77. The number of aromatic carboxylic acids is 1. The molecule has 4 nitrogen and oxygen atoms in total. The Labute approximate surface area is 107 Å². The van der Waals surface area contributed by atoms with Gasteiger partial charge in [0.2, 0.25) is 5.91 Å². The van der Waals surface area contributed by atoms with Gasteiger partial charge in [-0.05, 0) is 6.07 Å². The number of rotatable bonds is 3. The van der Waals surface area contributed by atoms with Crippen LogP contribution in [0, 0.1) is 17.6 Å². The van der Waals surface area contributed by atoms with Crippen LogP contribution in [-0.2, 0) is 4.79 Å². The van der Waals surface area contributed by atoms with Crippen LogP contribution in [0.2, 0.25) is 0 Å². The average Bonchev–Trinajstić information content (AvgIpc) is 2.70. The first-order chi connectivity index (χ1) is 8.93. The highest BCUT2D eigenvalue weighted by molar-refractivity contribution is 5.98. The molecule has 0 saturated carbocycles. The fourth-order valence-corrected chi connectivity index (χ4v) is 2.03. The third kappa shape index (κ3) is 2.33. The normalized spacial score (nSPS) is 18.7. The van der Waals surface area contributed by atoms with Gasteiger partial charge in [0.05, 0.1) is 11.3 Å². The maximum Gasteiger partial charge on any atom is 0.338 e. The van der Waals surface area contributed by atoms with Crippen LogP contribution in [0.4, 0.5) is 14.5 Å². The van der Waals surface area contributed by atoms with E-state index in [9.17, 15) is 18.4 Å². The van der Waals surface area contributed by atoms with E-state index in [4.69, 9.17) is 5.11 Å². The van der Waals surface area contributed by atoms with Crippen LogP contribution >= 0.6 is 0 Å². The van der Waals surface area contributed by atoms with Crippen molar-refractivity contribution >= 4 is 17.6 Å². The van der Waals surface area contributed by atoms with E-state index in [1.54, 1.807) is 6.08 Å². The van der Waals surface area contributed by atoms with Crippen molar-refractivity contribution in [3.8, 4) is 0 Å². The predicted molar refractivity (Wildman–Crippen MR) is 64.0 cm³/mol. The number of carboxylic acids is 1. The molecule has 1 unspecified atom stereocenters. The quantitative estimate of drug-likeness (QED) is 0.854. The summed E-state index contributed by atoms with van der Waals surface area (Å²) in [5.41, 5.74) is -0.876. The number of hydrogen-bond acceptors (Lipinski definition) is 2. The molecule has 1 aliphatic heterocycles. The summed E-state index contributed by atoms with van der Waals surface area (Å²) in [5.74, 6) is -4.09. The molecule has 100 valence electrons. The topological polar surface area (TPSA) is 57.6 Å². The zero-order valence-corrected chi connectivity index (χ0v) is 9.90. The van der Waals surface area contributed by atoms with Gasteiger partial charge in [0.1, 0.15) is 11.6 Å². The van der Waals surface area contributed by atoms with Gasteiger partial charge in [-0.3, -0.25) is 4.79 Å². The second-order valence-corrected chi connectivity index (χ2v) is 4.29. The second-order valence-electron chi connectivity index (χ2n) is 4.29. The Kier molecular flexibility index (Phi) is 3.33. The lowest BCUT2D eigenvalue weighted by atomic mass is 10.1. The highest BCUT2D eigenvalue weighted by atomic mass is 19.1. The first-order valence-corrected chi connectivity index (χ1v) is 5.59. The Morgan fingerprint density at radius 2 is 2.11 bits per heavy atom. The molecular weight excluding hydrogens is 256 g/mol. The van der Waals surface area contributed by atoms with Gasteiger partial charge in [0.25, 0.3) is 0 Å². The molecule has 19 heavy (non-hydrogen) atoms. The SMILES string of the molecule is C=CC1CC(=O)N(c2cc(C(=O)O)c(F)cc2F)C1. The number of halogens is 2. The maximum atomic E-state index is 13.7. The fourth-order valence-electron chi connectivity index (χ4n) is 2.03. The third-order valence-electron chi connectivity index (χ3n) is 3.05. The second kappa shape index (κ2) is 4.79. The van der Waals surface area contributed by atoms with Crippen molar-refractivity contribution in [3.05, 3.63) is 42.0 Å². The summed E-state index contributed by atoms with van der Waals surface area (Å²) in [5, 5.41) is 8.81. The largest absolute Gasteiger partial charge is 0.478 e. The Morgan fingerprint density at radius 3 is 2.63 bits per heavy atom. The van der Waals surface area contributed by atoms with E-state index in [1.165, 1.54) is 0 Å². The Balaban J connectivity index is 2.45. The molecule has 6 heteroatoms. The Hall–Kier alpha value is -2.24. The predicted octanol–water partition coefficient (Wildman–Crippen LogP) is 2.20. The smallest absolute Gasteiger partial charge is 0.338 e. The summed E-state index contributed by atoms with van der Waals surface area (Å²) < 4.78 is 27.0. The lowest BCUT2D eigenvalue weighted by Gasteiger charge is -2.17. The van der Waals surface area contributed by atoms with E-state index in [-0.39, 0.29) is 30.5 Å². The summed E-state index contributed by atoms with van der Waals surface area (Å²) >= 11 is 0. The number of benzene rings is 1. The van der Waals surface area contributed by atoms with Crippen LogP contribution in [-0.4, -0.2) is 23.5 Å². The van der Waals surface area contributed by atoms with Crippen molar-refractivity contribution in [2.24, 2.45) is 5.92 Å². The minimum absolute atomic E-state index is 0.120. The van der Waals surface area contributed by atoms with Gasteiger partial charge in [-0.25, -0.2) is 13.6 Å². The van der Waals surface area contributed by atoms with E-state index < -0.39 is 23.2 Å². The van der Waals surface area contributed by atoms with E-state index in [1.807, 2.05) is 0 Å². The lowest BCUT2D eigenvalue weighted by molar-refractivity contribution is -0.117. The number of carbonyl (C=O) groups is 2. The van der Waals surface area contributed by atoms with Gasteiger partial charge in [-0.2, -0.15) is 0 Å². The minimum atomic E-state index is -1.51. The molecule has 0 bridgehead atoms. The molecule has 2 rings (SSSR count). The molecule has 1 aromatic rings. The summed E-state index contributed by atoms with van der Waals surface area (Å²) in [6, 6.07) is 1.32. The minimum Gasteiger partial charge on any atom is -0.478 e. The van der Waals surface area contributed by atoms with Crippen molar-refractivity contribution in [3.63, 3.8) is 0 Å². The van der Waals surface area contributed by atoms with Gasteiger partial charge in [0, 0.05) is 24.9 Å². The fraction of sp³-hybridized carbons (Fsp3) is 0.231. The molecule has 1 amide bonds. The molecule has 0 radical (unpaired) electrons. The van der Waals surface area contributed by atoms with E-state index in [2.05, 4.69) is 6.58 Å². The van der Waals surface area contributed by atoms with Gasteiger partial charge < -0.3 is 10.0 Å². The van der Waals surface area contributed by atoms with Crippen molar-refractivity contribution in [1.29, 1.82) is 0 Å². The van der Waals surface area contributed by atoms with Crippen LogP contribution in [0.5, 0.6) is 0 Å². The third-order valence-corrected chi connectivity index (χ3v) is 3.05. The molecule has 1 atom stereocenters. The molecule has 0 aliphatic carbocycles. The number of amides is 1. The van der Waals surface area contributed by atoms with Crippen molar-refractivity contribution in [2.75, 3.05) is 11.4 Å². The molecule has 0 aromatic heterocycles. The van der Waals surface area contributed by atoms with Crippen LogP contribution in [0.3, 0.4) is 0 Å². The molecule has 0 spiro atoms. The highest BCUT2D eigenvalue weighted by Crippen LogP contribution is 2.29. The molecule has 1 fully saturated rings. The van der Waals surface area contributed by atoms with Crippen molar-refractivity contribution < 1.29 is 23.5 Å².